The monoisotopic (exact) mass is 392 g/mol. The summed E-state index contributed by atoms with van der Waals surface area (Å²) >= 11 is 0. The number of carbonyl (C=O) groups excluding carboxylic acids is 1. The molecular weight excluding hydrogens is 356 g/mol. The minimum Gasteiger partial charge on any atom is -0.467 e. The number of likely N-dealkylation sites (tertiary alicyclic amines) is 1. The second-order valence-electron chi connectivity index (χ2n) is 8.69. The number of hydrogen-bond acceptors (Lipinski definition) is 5. The highest BCUT2D eigenvalue weighted by atomic mass is 16.5. The van der Waals surface area contributed by atoms with Crippen molar-refractivity contribution in [1.29, 1.82) is 0 Å². The summed E-state index contributed by atoms with van der Waals surface area (Å²) in [6, 6.07) is 1.64. The van der Waals surface area contributed by atoms with Gasteiger partial charge in [-0.05, 0) is 50.4 Å². The number of aromatic nitrogens is 2. The first-order chi connectivity index (χ1) is 13.4. The van der Waals surface area contributed by atoms with Crippen LogP contribution in [0.2, 0.25) is 0 Å². The smallest absolute Gasteiger partial charge is 0.260 e. The molecule has 1 saturated carbocycles. The van der Waals surface area contributed by atoms with E-state index in [1.165, 1.54) is 12.8 Å². The summed E-state index contributed by atoms with van der Waals surface area (Å²) in [7, 11) is 1.82. The van der Waals surface area contributed by atoms with Gasteiger partial charge in [-0.2, -0.15) is 0 Å². The molecule has 3 rings (SSSR count). The number of piperidine rings is 1. The van der Waals surface area contributed by atoms with Crippen molar-refractivity contribution in [3.8, 4) is 5.88 Å². The normalized spacial score (nSPS) is 28.5. The highest BCUT2D eigenvalue weighted by molar-refractivity contribution is 5.78. The lowest BCUT2D eigenvalue weighted by molar-refractivity contribution is -0.140. The van der Waals surface area contributed by atoms with Gasteiger partial charge in [-0.1, -0.05) is 13.8 Å². The third kappa shape index (κ3) is 5.47. The van der Waals surface area contributed by atoms with Gasteiger partial charge in [0.25, 0.3) is 5.91 Å². The summed E-state index contributed by atoms with van der Waals surface area (Å²) in [5.41, 5.74) is 6.36. The maximum atomic E-state index is 12.8. The standard InChI is InChI=1S/C21H36N4O3/c1-15(2)16-6-8-17(9-7-16)27-13-19-18(22)5-4-11-25(19)21(26)14-28-20-10-12-24(3)23-20/h10,12,15-19H,4-9,11,13-14,22H2,1-3H3/t16-,17+,18-,19-/m0/s1. The minimum atomic E-state index is -0.0728. The van der Waals surface area contributed by atoms with E-state index in [1.807, 2.05) is 11.9 Å². The van der Waals surface area contributed by atoms with Gasteiger partial charge in [-0.25, -0.2) is 0 Å². The Labute approximate surface area is 168 Å². The van der Waals surface area contributed by atoms with Gasteiger partial charge in [0.05, 0.1) is 18.8 Å². The Bertz CT molecular complexity index is 625. The van der Waals surface area contributed by atoms with Crippen LogP contribution in [0.4, 0.5) is 0 Å². The molecule has 1 aliphatic carbocycles. The lowest BCUT2D eigenvalue weighted by Gasteiger charge is -2.40. The van der Waals surface area contributed by atoms with E-state index >= 15 is 0 Å². The van der Waals surface area contributed by atoms with Crippen LogP contribution in [-0.2, 0) is 16.6 Å². The average Bonchev–Trinajstić information content (AvgIpc) is 3.10. The molecule has 2 heterocycles. The molecule has 0 spiro atoms. The molecule has 1 amide bonds. The molecule has 1 saturated heterocycles. The number of ether oxygens (including phenoxy) is 2. The molecule has 2 aliphatic rings. The van der Waals surface area contributed by atoms with E-state index in [0.29, 0.717) is 25.1 Å². The fraction of sp³-hybridized carbons (Fsp3) is 0.810. The quantitative estimate of drug-likeness (QED) is 0.770. The number of carbonyl (C=O) groups is 1. The largest absolute Gasteiger partial charge is 0.467 e. The molecular formula is C21H36N4O3. The molecule has 7 nitrogen and oxygen atoms in total. The van der Waals surface area contributed by atoms with E-state index < -0.39 is 0 Å². The summed E-state index contributed by atoms with van der Waals surface area (Å²) in [4.78, 5) is 14.6. The van der Waals surface area contributed by atoms with Gasteiger partial charge in [-0.3, -0.25) is 9.48 Å². The predicted molar refractivity (Wildman–Crippen MR) is 108 cm³/mol. The molecule has 7 heteroatoms. The zero-order valence-electron chi connectivity index (χ0n) is 17.5. The van der Waals surface area contributed by atoms with E-state index in [0.717, 1.165) is 37.5 Å². The van der Waals surface area contributed by atoms with Crippen LogP contribution in [0.3, 0.4) is 0 Å². The number of aryl methyl sites for hydroxylation is 1. The molecule has 0 bridgehead atoms. The third-order valence-corrected chi connectivity index (χ3v) is 6.35. The topological polar surface area (TPSA) is 82.6 Å². The first kappa shape index (κ1) is 21.1. The zero-order valence-corrected chi connectivity index (χ0v) is 17.5. The molecule has 2 fully saturated rings. The first-order valence-corrected chi connectivity index (χ1v) is 10.7. The number of nitrogens with two attached hydrogens (primary N) is 1. The van der Waals surface area contributed by atoms with Gasteiger partial charge in [0.2, 0.25) is 5.88 Å². The van der Waals surface area contributed by atoms with Crippen molar-refractivity contribution in [3.63, 3.8) is 0 Å². The van der Waals surface area contributed by atoms with Gasteiger partial charge in [0.1, 0.15) is 0 Å². The van der Waals surface area contributed by atoms with Crippen LogP contribution in [0.25, 0.3) is 0 Å². The lowest BCUT2D eigenvalue weighted by atomic mass is 9.80. The number of amides is 1. The van der Waals surface area contributed by atoms with Crippen molar-refractivity contribution in [2.24, 2.45) is 24.6 Å². The molecule has 0 aromatic carbocycles. The Kier molecular flexibility index (Phi) is 7.35. The van der Waals surface area contributed by atoms with Crippen molar-refractivity contribution >= 4 is 5.91 Å². The van der Waals surface area contributed by atoms with Gasteiger partial charge in [-0.15, -0.1) is 5.10 Å². The van der Waals surface area contributed by atoms with Gasteiger partial charge in [0.15, 0.2) is 6.61 Å². The van der Waals surface area contributed by atoms with Crippen molar-refractivity contribution < 1.29 is 14.3 Å². The van der Waals surface area contributed by atoms with Crippen molar-refractivity contribution in [2.45, 2.75) is 70.6 Å². The predicted octanol–water partition coefficient (Wildman–Crippen LogP) is 2.35. The molecule has 1 aromatic rings. The van der Waals surface area contributed by atoms with Crippen LogP contribution in [-0.4, -0.2) is 58.5 Å². The Morgan fingerprint density at radius 3 is 2.68 bits per heavy atom. The number of rotatable bonds is 7. The molecule has 2 N–H and O–H groups in total. The summed E-state index contributed by atoms with van der Waals surface area (Å²) in [6.07, 6.45) is 8.64. The fourth-order valence-corrected chi connectivity index (χ4v) is 4.46. The van der Waals surface area contributed by atoms with Crippen molar-refractivity contribution in [3.05, 3.63) is 12.3 Å². The molecule has 2 atom stereocenters. The third-order valence-electron chi connectivity index (χ3n) is 6.35. The maximum absolute atomic E-state index is 12.8. The Balaban J connectivity index is 1.50. The molecule has 1 aliphatic heterocycles. The van der Waals surface area contributed by atoms with Gasteiger partial charge >= 0.3 is 0 Å². The van der Waals surface area contributed by atoms with Crippen molar-refractivity contribution in [1.82, 2.24) is 14.7 Å². The highest BCUT2D eigenvalue weighted by Gasteiger charge is 2.34. The van der Waals surface area contributed by atoms with Gasteiger partial charge in [0, 0.05) is 31.9 Å². The van der Waals surface area contributed by atoms with E-state index in [9.17, 15) is 4.79 Å². The first-order valence-electron chi connectivity index (χ1n) is 10.7. The maximum Gasteiger partial charge on any atom is 0.260 e. The van der Waals surface area contributed by atoms with E-state index in [4.69, 9.17) is 15.2 Å². The molecule has 0 unspecified atom stereocenters. The molecule has 28 heavy (non-hydrogen) atoms. The van der Waals surface area contributed by atoms with E-state index in [1.54, 1.807) is 16.9 Å². The SMILES string of the molecule is CC(C)[C@H]1CC[C@@H](OC[C@H]2[C@@H](N)CCCN2C(=O)COc2ccn(C)n2)CC1. The van der Waals surface area contributed by atoms with Crippen LogP contribution < -0.4 is 10.5 Å². The minimum absolute atomic E-state index is 0.0142. The summed E-state index contributed by atoms with van der Waals surface area (Å²) in [5, 5.41) is 4.15. The molecule has 0 radical (unpaired) electrons. The fourth-order valence-electron chi connectivity index (χ4n) is 4.46. The van der Waals surface area contributed by atoms with Crippen LogP contribution in [0.5, 0.6) is 5.88 Å². The highest BCUT2D eigenvalue weighted by Crippen LogP contribution is 2.31. The number of nitrogens with zero attached hydrogens (tertiary/aromatic N) is 3. The zero-order chi connectivity index (χ0) is 20.1. The summed E-state index contributed by atoms with van der Waals surface area (Å²) < 4.78 is 13.4. The second-order valence-corrected chi connectivity index (χ2v) is 8.69. The second kappa shape index (κ2) is 9.74. The average molecular weight is 393 g/mol. The van der Waals surface area contributed by atoms with Crippen LogP contribution >= 0.6 is 0 Å². The number of hydrogen-bond donors (Lipinski definition) is 1. The Morgan fingerprint density at radius 1 is 1.29 bits per heavy atom. The van der Waals surface area contributed by atoms with Gasteiger partial charge < -0.3 is 20.1 Å². The lowest BCUT2D eigenvalue weighted by Crippen LogP contribution is -2.57. The summed E-state index contributed by atoms with van der Waals surface area (Å²) in [6.45, 7) is 5.84. The van der Waals surface area contributed by atoms with E-state index in [-0.39, 0.29) is 24.6 Å². The van der Waals surface area contributed by atoms with Crippen LogP contribution in [0, 0.1) is 11.8 Å². The Morgan fingerprint density at radius 2 is 2.04 bits per heavy atom. The van der Waals surface area contributed by atoms with Crippen LogP contribution in [0.1, 0.15) is 52.4 Å². The molecule has 158 valence electrons. The van der Waals surface area contributed by atoms with E-state index in [2.05, 4.69) is 18.9 Å². The van der Waals surface area contributed by atoms with Crippen molar-refractivity contribution in [2.75, 3.05) is 19.8 Å². The summed E-state index contributed by atoms with van der Waals surface area (Å²) in [5.74, 6) is 1.99. The van der Waals surface area contributed by atoms with Crippen LogP contribution in [0.15, 0.2) is 12.3 Å². The Hall–Kier alpha value is -1.60. The molecule has 1 aromatic heterocycles.